The van der Waals surface area contributed by atoms with Gasteiger partial charge in [0.05, 0.1) is 5.69 Å². The summed E-state index contributed by atoms with van der Waals surface area (Å²) in [5, 5.41) is 5.39. The van der Waals surface area contributed by atoms with E-state index >= 15 is 0 Å². The number of amides is 2. The van der Waals surface area contributed by atoms with Gasteiger partial charge in [-0.3, -0.25) is 13.9 Å². The fourth-order valence-electron chi connectivity index (χ4n) is 2.24. The van der Waals surface area contributed by atoms with Crippen LogP contribution in [0.1, 0.15) is 17.3 Å². The standard InChI is InChI=1S/C18H22N4O4S/c1-13(23)19-15-7-9-16(10-8-15)20-18(24)14-5-11-17(12-6-14)22(4)27(25,26)21(2)3/h5-12H,1-4H3,(H,19,23)(H,20,24). The number of anilines is 3. The van der Waals surface area contributed by atoms with Gasteiger partial charge in [-0.05, 0) is 48.5 Å². The van der Waals surface area contributed by atoms with Crippen LogP contribution >= 0.6 is 0 Å². The molecule has 0 bridgehead atoms. The summed E-state index contributed by atoms with van der Waals surface area (Å²) in [4.78, 5) is 23.4. The first-order valence-corrected chi connectivity index (χ1v) is 9.46. The molecular formula is C18H22N4O4S. The first kappa shape index (κ1) is 20.4. The summed E-state index contributed by atoms with van der Waals surface area (Å²) in [7, 11) is 0.756. The molecule has 2 rings (SSSR count). The molecule has 0 saturated carbocycles. The second-order valence-corrected chi connectivity index (χ2v) is 8.19. The zero-order valence-electron chi connectivity index (χ0n) is 15.6. The van der Waals surface area contributed by atoms with Crippen molar-refractivity contribution in [2.24, 2.45) is 0 Å². The highest BCUT2D eigenvalue weighted by Gasteiger charge is 2.21. The lowest BCUT2D eigenvalue weighted by Crippen LogP contribution is -2.37. The lowest BCUT2D eigenvalue weighted by molar-refractivity contribution is -0.114. The number of hydrogen-bond donors (Lipinski definition) is 2. The largest absolute Gasteiger partial charge is 0.326 e. The van der Waals surface area contributed by atoms with Crippen molar-refractivity contribution in [3.8, 4) is 0 Å². The zero-order chi connectivity index (χ0) is 20.2. The van der Waals surface area contributed by atoms with E-state index in [1.54, 1.807) is 48.5 Å². The summed E-state index contributed by atoms with van der Waals surface area (Å²) in [5.41, 5.74) is 2.04. The summed E-state index contributed by atoms with van der Waals surface area (Å²) in [6.07, 6.45) is 0. The quantitative estimate of drug-likeness (QED) is 0.789. The van der Waals surface area contributed by atoms with E-state index in [2.05, 4.69) is 10.6 Å². The van der Waals surface area contributed by atoms with E-state index in [9.17, 15) is 18.0 Å². The SMILES string of the molecule is CC(=O)Nc1ccc(NC(=O)c2ccc(N(C)S(=O)(=O)N(C)C)cc2)cc1. The molecule has 0 spiro atoms. The molecule has 2 N–H and O–H groups in total. The third-order valence-corrected chi connectivity index (χ3v) is 5.59. The average molecular weight is 390 g/mol. The summed E-state index contributed by atoms with van der Waals surface area (Å²) in [5.74, 6) is -0.500. The zero-order valence-corrected chi connectivity index (χ0v) is 16.4. The summed E-state index contributed by atoms with van der Waals surface area (Å²) in [6.45, 7) is 1.42. The number of benzene rings is 2. The van der Waals surface area contributed by atoms with Crippen molar-refractivity contribution in [1.82, 2.24) is 4.31 Å². The van der Waals surface area contributed by atoms with Crippen molar-refractivity contribution in [2.45, 2.75) is 6.92 Å². The van der Waals surface area contributed by atoms with Gasteiger partial charge < -0.3 is 10.6 Å². The normalized spacial score (nSPS) is 11.1. The molecule has 144 valence electrons. The number of nitrogens with zero attached hydrogens (tertiary/aromatic N) is 2. The number of hydrogen-bond acceptors (Lipinski definition) is 4. The molecule has 0 heterocycles. The maximum absolute atomic E-state index is 12.3. The molecule has 0 fully saturated rings. The van der Waals surface area contributed by atoms with E-state index in [0.29, 0.717) is 22.6 Å². The Bertz CT molecular complexity index is 923. The summed E-state index contributed by atoms with van der Waals surface area (Å²) < 4.78 is 26.5. The molecule has 0 aliphatic rings. The van der Waals surface area contributed by atoms with Crippen molar-refractivity contribution in [1.29, 1.82) is 0 Å². The van der Waals surface area contributed by atoms with Gasteiger partial charge in [0, 0.05) is 45.0 Å². The molecule has 27 heavy (non-hydrogen) atoms. The van der Waals surface area contributed by atoms with Crippen LogP contribution in [0.2, 0.25) is 0 Å². The summed E-state index contributed by atoms with van der Waals surface area (Å²) in [6, 6.07) is 13.0. The van der Waals surface area contributed by atoms with Gasteiger partial charge in [-0.1, -0.05) is 0 Å². The molecule has 0 atom stereocenters. The van der Waals surface area contributed by atoms with Crippen molar-refractivity contribution in [3.63, 3.8) is 0 Å². The third-order valence-electron chi connectivity index (χ3n) is 3.76. The Morgan fingerprint density at radius 2 is 1.30 bits per heavy atom. The minimum Gasteiger partial charge on any atom is -0.326 e. The molecular weight excluding hydrogens is 368 g/mol. The predicted octanol–water partition coefficient (Wildman–Crippen LogP) is 2.14. The maximum Gasteiger partial charge on any atom is 0.303 e. The second-order valence-electron chi connectivity index (χ2n) is 6.02. The smallest absolute Gasteiger partial charge is 0.303 e. The number of carbonyl (C=O) groups excluding carboxylic acids is 2. The van der Waals surface area contributed by atoms with E-state index in [1.165, 1.54) is 28.1 Å². The minimum atomic E-state index is -3.59. The minimum absolute atomic E-state index is 0.173. The van der Waals surface area contributed by atoms with Crippen molar-refractivity contribution in [3.05, 3.63) is 54.1 Å². The van der Waals surface area contributed by atoms with Gasteiger partial charge in [-0.25, -0.2) is 0 Å². The van der Waals surface area contributed by atoms with E-state index in [-0.39, 0.29) is 11.8 Å². The molecule has 0 aromatic heterocycles. The van der Waals surface area contributed by atoms with Crippen LogP contribution < -0.4 is 14.9 Å². The van der Waals surface area contributed by atoms with Crippen molar-refractivity contribution in [2.75, 3.05) is 36.1 Å². The van der Waals surface area contributed by atoms with Crippen molar-refractivity contribution < 1.29 is 18.0 Å². The molecule has 0 unspecified atom stereocenters. The van der Waals surface area contributed by atoms with Crippen LogP contribution in [0.4, 0.5) is 17.1 Å². The maximum atomic E-state index is 12.3. The summed E-state index contributed by atoms with van der Waals surface area (Å²) >= 11 is 0. The first-order valence-electron chi connectivity index (χ1n) is 8.06. The topological polar surface area (TPSA) is 98.8 Å². The molecule has 0 aliphatic heterocycles. The Morgan fingerprint density at radius 1 is 0.815 bits per heavy atom. The van der Waals surface area contributed by atoms with Crippen LogP contribution in [0.5, 0.6) is 0 Å². The van der Waals surface area contributed by atoms with Crippen LogP contribution in [0.25, 0.3) is 0 Å². The fraction of sp³-hybridized carbons (Fsp3) is 0.222. The first-order chi connectivity index (χ1) is 12.6. The third kappa shape index (κ3) is 5.05. The monoisotopic (exact) mass is 390 g/mol. The van der Waals surface area contributed by atoms with E-state index in [1.807, 2.05) is 0 Å². The molecule has 2 aromatic carbocycles. The predicted molar refractivity (Wildman–Crippen MR) is 106 cm³/mol. The van der Waals surface area contributed by atoms with Crippen LogP contribution in [0.15, 0.2) is 48.5 Å². The van der Waals surface area contributed by atoms with Crippen LogP contribution in [0.3, 0.4) is 0 Å². The Hall–Kier alpha value is -2.91. The van der Waals surface area contributed by atoms with Gasteiger partial charge in [-0.2, -0.15) is 12.7 Å². The Kier molecular flexibility index (Phi) is 6.19. The van der Waals surface area contributed by atoms with Gasteiger partial charge in [0.15, 0.2) is 0 Å². The van der Waals surface area contributed by atoms with Gasteiger partial charge >= 0.3 is 10.2 Å². The molecule has 0 aliphatic carbocycles. The van der Waals surface area contributed by atoms with Gasteiger partial charge in [0.25, 0.3) is 5.91 Å². The highest BCUT2D eigenvalue weighted by Crippen LogP contribution is 2.19. The van der Waals surface area contributed by atoms with Crippen LogP contribution in [0, 0.1) is 0 Å². The Balaban J connectivity index is 2.08. The van der Waals surface area contributed by atoms with Gasteiger partial charge in [-0.15, -0.1) is 0 Å². The molecule has 8 nitrogen and oxygen atoms in total. The molecule has 2 aromatic rings. The average Bonchev–Trinajstić information content (AvgIpc) is 2.62. The van der Waals surface area contributed by atoms with E-state index < -0.39 is 10.2 Å². The van der Waals surface area contributed by atoms with Crippen LogP contribution in [-0.2, 0) is 15.0 Å². The molecule has 9 heteroatoms. The fourth-order valence-corrected chi connectivity index (χ4v) is 3.12. The lowest BCUT2D eigenvalue weighted by Gasteiger charge is -2.23. The lowest BCUT2D eigenvalue weighted by atomic mass is 10.2. The van der Waals surface area contributed by atoms with E-state index in [0.717, 1.165) is 8.61 Å². The van der Waals surface area contributed by atoms with Crippen LogP contribution in [-0.4, -0.2) is 45.7 Å². The number of nitrogens with one attached hydrogen (secondary N) is 2. The van der Waals surface area contributed by atoms with Gasteiger partial charge in [0.2, 0.25) is 5.91 Å². The molecule has 0 radical (unpaired) electrons. The second kappa shape index (κ2) is 8.19. The van der Waals surface area contributed by atoms with E-state index in [4.69, 9.17) is 0 Å². The molecule has 0 saturated heterocycles. The highest BCUT2D eigenvalue weighted by molar-refractivity contribution is 7.90. The highest BCUT2D eigenvalue weighted by atomic mass is 32.2. The number of rotatable bonds is 6. The Morgan fingerprint density at radius 3 is 1.74 bits per heavy atom. The van der Waals surface area contributed by atoms with Gasteiger partial charge in [0.1, 0.15) is 0 Å². The number of carbonyl (C=O) groups is 2. The molecule has 2 amide bonds. The van der Waals surface area contributed by atoms with Crippen molar-refractivity contribution >= 4 is 39.1 Å². The Labute approximate surface area is 159 Å².